The van der Waals surface area contributed by atoms with E-state index in [1.807, 2.05) is 0 Å². The maximum absolute atomic E-state index is 7.97. The lowest BCUT2D eigenvalue weighted by atomic mass is 9.94. The van der Waals surface area contributed by atoms with Crippen LogP contribution in [0.15, 0.2) is 0 Å². The minimum absolute atomic E-state index is 0.618. The number of nitrogens with one attached hydrogen (secondary N) is 1. The number of nitrogens with zero attached hydrogens (tertiary/aromatic N) is 1. The molecule has 0 unspecified atom stereocenters. The number of hydrogen-bond acceptors (Lipinski definition) is 1. The van der Waals surface area contributed by atoms with Crippen LogP contribution in [-0.2, 0) is 0 Å². The molecule has 2 aliphatic rings. The molecule has 1 N–H and O–H groups in total. The first-order valence-electron chi connectivity index (χ1n) is 5.60. The van der Waals surface area contributed by atoms with Gasteiger partial charge in [-0.2, -0.15) is 0 Å². The van der Waals surface area contributed by atoms with Gasteiger partial charge in [0, 0.05) is 19.0 Å². The molecular weight excluding hydrogens is 160 g/mol. The molecular formula is C11H20N2. The molecule has 2 fully saturated rings. The highest BCUT2D eigenvalue weighted by Crippen LogP contribution is 2.33. The Bertz CT molecular complexity index is 190. The van der Waals surface area contributed by atoms with Crippen molar-refractivity contribution in [2.24, 2.45) is 5.92 Å². The van der Waals surface area contributed by atoms with Gasteiger partial charge in [0.15, 0.2) is 0 Å². The van der Waals surface area contributed by atoms with Crippen molar-refractivity contribution in [1.82, 2.24) is 4.90 Å². The Hall–Kier alpha value is -0.530. The number of amidine groups is 1. The topological polar surface area (TPSA) is 27.1 Å². The van der Waals surface area contributed by atoms with E-state index in [0.29, 0.717) is 12.0 Å². The third-order valence-corrected chi connectivity index (χ3v) is 3.47. The minimum Gasteiger partial charge on any atom is -0.360 e. The van der Waals surface area contributed by atoms with Crippen LogP contribution in [0.3, 0.4) is 0 Å². The highest BCUT2D eigenvalue weighted by atomic mass is 15.2. The molecule has 0 aromatic heterocycles. The monoisotopic (exact) mass is 180 g/mol. The predicted molar refractivity (Wildman–Crippen MR) is 55.1 cm³/mol. The van der Waals surface area contributed by atoms with Crippen LogP contribution in [0.5, 0.6) is 0 Å². The molecule has 0 spiro atoms. The van der Waals surface area contributed by atoms with Gasteiger partial charge in [-0.1, -0.05) is 19.3 Å². The van der Waals surface area contributed by atoms with E-state index in [2.05, 4.69) is 11.9 Å². The molecule has 0 atom stereocenters. The first-order chi connectivity index (χ1) is 6.29. The molecule has 0 aromatic rings. The number of rotatable bonds is 2. The number of hydrogen-bond donors (Lipinski definition) is 1. The summed E-state index contributed by atoms with van der Waals surface area (Å²) in [7, 11) is 2.12. The van der Waals surface area contributed by atoms with E-state index in [4.69, 9.17) is 5.41 Å². The Kier molecular flexibility index (Phi) is 2.56. The largest absolute Gasteiger partial charge is 0.360 e. The van der Waals surface area contributed by atoms with Gasteiger partial charge in [-0.15, -0.1) is 0 Å². The Morgan fingerprint density at radius 1 is 1.08 bits per heavy atom. The van der Waals surface area contributed by atoms with Gasteiger partial charge in [0.05, 0.1) is 5.84 Å². The molecule has 0 amide bonds. The van der Waals surface area contributed by atoms with E-state index in [1.54, 1.807) is 0 Å². The van der Waals surface area contributed by atoms with Crippen LogP contribution in [-0.4, -0.2) is 23.8 Å². The first kappa shape index (κ1) is 9.04. The second-order valence-corrected chi connectivity index (χ2v) is 4.56. The van der Waals surface area contributed by atoms with Crippen molar-refractivity contribution in [1.29, 1.82) is 5.41 Å². The molecule has 0 aliphatic heterocycles. The van der Waals surface area contributed by atoms with E-state index >= 15 is 0 Å². The third-order valence-electron chi connectivity index (χ3n) is 3.47. The molecule has 2 heteroatoms. The van der Waals surface area contributed by atoms with Crippen LogP contribution in [0.1, 0.15) is 44.9 Å². The zero-order chi connectivity index (χ0) is 9.26. The van der Waals surface area contributed by atoms with Crippen molar-refractivity contribution in [2.75, 3.05) is 7.05 Å². The Morgan fingerprint density at radius 2 is 1.69 bits per heavy atom. The second-order valence-electron chi connectivity index (χ2n) is 4.56. The van der Waals surface area contributed by atoms with E-state index in [9.17, 15) is 0 Å². The van der Waals surface area contributed by atoms with E-state index in [1.165, 1.54) is 44.9 Å². The highest BCUT2D eigenvalue weighted by Gasteiger charge is 2.31. The normalized spacial score (nSPS) is 24.4. The van der Waals surface area contributed by atoms with Gasteiger partial charge in [-0.3, -0.25) is 5.41 Å². The van der Waals surface area contributed by atoms with Crippen molar-refractivity contribution in [2.45, 2.75) is 51.0 Å². The predicted octanol–water partition coefficient (Wildman–Crippen LogP) is 2.64. The van der Waals surface area contributed by atoms with Gasteiger partial charge in [-0.05, 0) is 25.7 Å². The summed E-state index contributed by atoms with van der Waals surface area (Å²) in [6.07, 6.45) is 9.28. The SMILES string of the molecule is CN(C(=N)C1CC1)C1CCCCC1. The van der Waals surface area contributed by atoms with Gasteiger partial charge >= 0.3 is 0 Å². The van der Waals surface area contributed by atoms with Gasteiger partial charge < -0.3 is 4.90 Å². The average molecular weight is 180 g/mol. The maximum Gasteiger partial charge on any atom is 0.0989 e. The molecule has 2 nitrogen and oxygen atoms in total. The fraction of sp³-hybridized carbons (Fsp3) is 0.909. The van der Waals surface area contributed by atoms with Gasteiger partial charge in [0.25, 0.3) is 0 Å². The summed E-state index contributed by atoms with van der Waals surface area (Å²) in [5.74, 6) is 1.53. The summed E-state index contributed by atoms with van der Waals surface area (Å²) in [6.45, 7) is 0. The quantitative estimate of drug-likeness (QED) is 0.513. The smallest absolute Gasteiger partial charge is 0.0989 e. The van der Waals surface area contributed by atoms with Crippen LogP contribution in [0.25, 0.3) is 0 Å². The standard InChI is InChI=1S/C11H20N2/c1-13(11(12)9-7-8-9)10-5-3-2-4-6-10/h9-10,12H,2-8H2,1H3. The summed E-state index contributed by atoms with van der Waals surface area (Å²) >= 11 is 0. The van der Waals surface area contributed by atoms with Crippen LogP contribution in [0.4, 0.5) is 0 Å². The van der Waals surface area contributed by atoms with Crippen molar-refractivity contribution in [3.05, 3.63) is 0 Å². The summed E-state index contributed by atoms with van der Waals surface area (Å²) in [5, 5.41) is 7.97. The third kappa shape index (κ3) is 2.04. The van der Waals surface area contributed by atoms with Crippen molar-refractivity contribution >= 4 is 5.84 Å². The van der Waals surface area contributed by atoms with Crippen molar-refractivity contribution in [3.8, 4) is 0 Å². The summed E-state index contributed by atoms with van der Waals surface area (Å²) in [6, 6.07) is 0.682. The Balaban J connectivity index is 1.86. The Labute approximate surface area is 80.8 Å². The van der Waals surface area contributed by atoms with Gasteiger partial charge in [0.2, 0.25) is 0 Å². The molecule has 0 bridgehead atoms. The fourth-order valence-electron chi connectivity index (χ4n) is 2.31. The lowest BCUT2D eigenvalue weighted by Crippen LogP contribution is -2.38. The summed E-state index contributed by atoms with van der Waals surface area (Å²) < 4.78 is 0. The van der Waals surface area contributed by atoms with Crippen LogP contribution in [0.2, 0.25) is 0 Å². The molecule has 0 saturated heterocycles. The molecule has 2 rings (SSSR count). The molecule has 2 saturated carbocycles. The van der Waals surface area contributed by atoms with E-state index < -0.39 is 0 Å². The lowest BCUT2D eigenvalue weighted by Gasteiger charge is -2.33. The fourth-order valence-corrected chi connectivity index (χ4v) is 2.31. The molecule has 0 aromatic carbocycles. The van der Waals surface area contributed by atoms with E-state index in [0.717, 1.165) is 5.84 Å². The summed E-state index contributed by atoms with van der Waals surface area (Å²) in [5.41, 5.74) is 0. The van der Waals surface area contributed by atoms with Crippen LogP contribution < -0.4 is 0 Å². The zero-order valence-corrected chi connectivity index (χ0v) is 8.55. The molecule has 74 valence electrons. The van der Waals surface area contributed by atoms with E-state index in [-0.39, 0.29) is 0 Å². The second kappa shape index (κ2) is 3.69. The first-order valence-corrected chi connectivity index (χ1v) is 5.60. The molecule has 2 aliphatic carbocycles. The van der Waals surface area contributed by atoms with Crippen LogP contribution in [0, 0.1) is 11.3 Å². The van der Waals surface area contributed by atoms with Crippen molar-refractivity contribution < 1.29 is 0 Å². The molecule has 13 heavy (non-hydrogen) atoms. The Morgan fingerprint density at radius 3 is 2.23 bits per heavy atom. The minimum atomic E-state index is 0.618. The average Bonchev–Trinajstić information content (AvgIpc) is 3.00. The highest BCUT2D eigenvalue weighted by molar-refractivity contribution is 5.83. The zero-order valence-electron chi connectivity index (χ0n) is 8.55. The van der Waals surface area contributed by atoms with Gasteiger partial charge in [-0.25, -0.2) is 0 Å². The van der Waals surface area contributed by atoms with Gasteiger partial charge in [0.1, 0.15) is 0 Å². The molecule has 0 heterocycles. The lowest BCUT2D eigenvalue weighted by molar-refractivity contribution is 0.272. The summed E-state index contributed by atoms with van der Waals surface area (Å²) in [4.78, 5) is 2.25. The molecule has 0 radical (unpaired) electrons. The van der Waals surface area contributed by atoms with Crippen molar-refractivity contribution in [3.63, 3.8) is 0 Å². The van der Waals surface area contributed by atoms with Crippen LogP contribution >= 0.6 is 0 Å². The maximum atomic E-state index is 7.97.